The van der Waals surface area contributed by atoms with E-state index in [1.165, 1.54) is 0 Å². The van der Waals surface area contributed by atoms with Gasteiger partial charge in [0.15, 0.2) is 11.5 Å². The molecule has 2 rings (SSSR count). The Balaban J connectivity index is 1.82. The van der Waals surface area contributed by atoms with E-state index >= 15 is 0 Å². The van der Waals surface area contributed by atoms with Gasteiger partial charge in [-0.1, -0.05) is 18.2 Å². The number of benzene rings is 2. The molecule has 2 aromatic carbocycles. The summed E-state index contributed by atoms with van der Waals surface area (Å²) < 4.78 is 16.8. The second-order valence-corrected chi connectivity index (χ2v) is 6.73. The van der Waals surface area contributed by atoms with E-state index in [4.69, 9.17) is 14.2 Å². The summed E-state index contributed by atoms with van der Waals surface area (Å²) in [5, 5.41) is 2.97. The van der Waals surface area contributed by atoms with E-state index in [-0.39, 0.29) is 12.0 Å². The molecule has 0 aliphatic carbocycles. The van der Waals surface area contributed by atoms with Gasteiger partial charge in [0.1, 0.15) is 5.75 Å². The zero-order valence-corrected chi connectivity index (χ0v) is 17.3. The molecule has 1 N–H and O–H groups in total. The fraction of sp³-hybridized carbons (Fsp3) is 0.435. The van der Waals surface area contributed by atoms with Gasteiger partial charge in [-0.15, -0.1) is 0 Å². The highest BCUT2D eigenvalue weighted by Gasteiger charge is 2.08. The fourth-order valence-corrected chi connectivity index (χ4v) is 2.76. The van der Waals surface area contributed by atoms with Gasteiger partial charge in [-0.05, 0) is 69.5 Å². The Labute approximate surface area is 168 Å². The van der Waals surface area contributed by atoms with Gasteiger partial charge < -0.3 is 19.5 Å². The van der Waals surface area contributed by atoms with Crippen LogP contribution < -0.4 is 19.5 Å². The molecule has 0 saturated carbocycles. The molecule has 0 spiro atoms. The van der Waals surface area contributed by atoms with Gasteiger partial charge in [0.05, 0.1) is 19.3 Å². The lowest BCUT2D eigenvalue weighted by Gasteiger charge is -2.12. The Morgan fingerprint density at radius 2 is 1.57 bits per heavy atom. The van der Waals surface area contributed by atoms with Crippen LogP contribution in [0.3, 0.4) is 0 Å². The van der Waals surface area contributed by atoms with Crippen LogP contribution in [-0.2, 0) is 17.8 Å². The monoisotopic (exact) mass is 385 g/mol. The van der Waals surface area contributed by atoms with Gasteiger partial charge in [0.25, 0.3) is 0 Å². The lowest BCUT2D eigenvalue weighted by molar-refractivity contribution is -0.121. The minimum Gasteiger partial charge on any atom is -0.491 e. The summed E-state index contributed by atoms with van der Waals surface area (Å²) >= 11 is 0. The number of aryl methyl sites for hydroxylation is 1. The van der Waals surface area contributed by atoms with E-state index in [0.717, 1.165) is 28.4 Å². The second-order valence-electron chi connectivity index (χ2n) is 6.73. The molecule has 0 unspecified atom stereocenters. The first-order valence-corrected chi connectivity index (χ1v) is 9.92. The van der Waals surface area contributed by atoms with E-state index in [2.05, 4.69) is 5.32 Å². The lowest BCUT2D eigenvalue weighted by atomic mass is 10.1. The third-order valence-corrected chi connectivity index (χ3v) is 4.03. The van der Waals surface area contributed by atoms with Crippen LogP contribution in [0, 0.1) is 0 Å². The molecule has 0 atom stereocenters. The van der Waals surface area contributed by atoms with Crippen molar-refractivity contribution in [1.29, 1.82) is 0 Å². The maximum atomic E-state index is 12.2. The lowest BCUT2D eigenvalue weighted by Crippen LogP contribution is -2.23. The summed E-state index contributed by atoms with van der Waals surface area (Å²) in [7, 11) is 0. The molecule has 0 aromatic heterocycles. The summed E-state index contributed by atoms with van der Waals surface area (Å²) in [6.45, 7) is 9.55. The van der Waals surface area contributed by atoms with Crippen molar-refractivity contribution in [2.45, 2.75) is 53.2 Å². The van der Waals surface area contributed by atoms with Crippen LogP contribution >= 0.6 is 0 Å². The molecule has 5 nitrogen and oxygen atoms in total. The molecule has 28 heavy (non-hydrogen) atoms. The van der Waals surface area contributed by atoms with E-state index in [0.29, 0.717) is 32.6 Å². The van der Waals surface area contributed by atoms with Crippen LogP contribution in [0.1, 0.15) is 45.2 Å². The van der Waals surface area contributed by atoms with Crippen molar-refractivity contribution >= 4 is 5.91 Å². The highest BCUT2D eigenvalue weighted by Crippen LogP contribution is 2.29. The molecule has 2 aromatic rings. The van der Waals surface area contributed by atoms with Crippen molar-refractivity contribution in [2.24, 2.45) is 0 Å². The first kappa shape index (κ1) is 21.6. The smallest absolute Gasteiger partial charge is 0.220 e. The van der Waals surface area contributed by atoms with Crippen LogP contribution in [0.15, 0.2) is 42.5 Å². The molecule has 0 bridgehead atoms. The topological polar surface area (TPSA) is 56.8 Å². The zero-order chi connectivity index (χ0) is 20.4. The Bertz CT molecular complexity index is 741. The summed E-state index contributed by atoms with van der Waals surface area (Å²) in [6.07, 6.45) is 1.23. The molecule has 0 saturated heterocycles. The molecule has 0 heterocycles. The van der Waals surface area contributed by atoms with Gasteiger partial charge >= 0.3 is 0 Å². The van der Waals surface area contributed by atoms with Crippen molar-refractivity contribution in [3.8, 4) is 17.2 Å². The molecule has 0 aliphatic rings. The van der Waals surface area contributed by atoms with Crippen LogP contribution in [0.25, 0.3) is 0 Å². The predicted molar refractivity (Wildman–Crippen MR) is 111 cm³/mol. The summed E-state index contributed by atoms with van der Waals surface area (Å²) in [5.41, 5.74) is 2.10. The quantitative estimate of drug-likeness (QED) is 0.618. The predicted octanol–water partition coefficient (Wildman–Crippen LogP) is 4.52. The van der Waals surface area contributed by atoms with E-state index < -0.39 is 0 Å². The van der Waals surface area contributed by atoms with Crippen LogP contribution in [0.4, 0.5) is 0 Å². The Morgan fingerprint density at radius 1 is 0.929 bits per heavy atom. The molecule has 5 heteroatoms. The molecular formula is C23H31NO4. The van der Waals surface area contributed by atoms with E-state index in [1.54, 1.807) is 0 Å². The van der Waals surface area contributed by atoms with Gasteiger partial charge in [0, 0.05) is 13.0 Å². The number of hydrogen-bond donors (Lipinski definition) is 1. The summed E-state index contributed by atoms with van der Waals surface area (Å²) in [4.78, 5) is 12.2. The number of carbonyl (C=O) groups is 1. The van der Waals surface area contributed by atoms with Crippen molar-refractivity contribution in [2.75, 3.05) is 13.2 Å². The molecule has 0 radical (unpaired) electrons. The normalized spacial score (nSPS) is 10.6. The van der Waals surface area contributed by atoms with Crippen LogP contribution in [0.5, 0.6) is 17.2 Å². The fourth-order valence-electron chi connectivity index (χ4n) is 2.76. The Kier molecular flexibility index (Phi) is 8.66. The van der Waals surface area contributed by atoms with Crippen LogP contribution in [0.2, 0.25) is 0 Å². The number of ether oxygens (including phenoxy) is 3. The minimum absolute atomic E-state index is 0.0225. The highest BCUT2D eigenvalue weighted by molar-refractivity contribution is 5.76. The third-order valence-electron chi connectivity index (χ3n) is 4.03. The maximum absolute atomic E-state index is 12.2. The Morgan fingerprint density at radius 3 is 2.21 bits per heavy atom. The highest BCUT2D eigenvalue weighted by atomic mass is 16.5. The standard InChI is InChI=1S/C23H31NO4/c1-5-26-21-13-9-18(15-22(21)27-6-2)10-14-23(25)24-16-19-7-11-20(12-8-19)28-17(3)4/h7-9,11-13,15,17H,5-6,10,14,16H2,1-4H3,(H,24,25). The SMILES string of the molecule is CCOc1ccc(CCC(=O)NCc2ccc(OC(C)C)cc2)cc1OCC. The van der Waals surface area contributed by atoms with Crippen LogP contribution in [-0.4, -0.2) is 25.2 Å². The van der Waals surface area contributed by atoms with Gasteiger partial charge in [-0.25, -0.2) is 0 Å². The van der Waals surface area contributed by atoms with E-state index in [1.807, 2.05) is 70.2 Å². The first-order valence-electron chi connectivity index (χ1n) is 9.92. The Hall–Kier alpha value is -2.69. The number of nitrogens with one attached hydrogen (secondary N) is 1. The first-order chi connectivity index (χ1) is 13.5. The minimum atomic E-state index is 0.0225. The van der Waals surface area contributed by atoms with Gasteiger partial charge in [-0.2, -0.15) is 0 Å². The maximum Gasteiger partial charge on any atom is 0.220 e. The number of rotatable bonds is 11. The molecule has 1 amide bonds. The largest absolute Gasteiger partial charge is 0.491 e. The van der Waals surface area contributed by atoms with Gasteiger partial charge in [-0.3, -0.25) is 4.79 Å². The van der Waals surface area contributed by atoms with E-state index in [9.17, 15) is 4.79 Å². The second kappa shape index (κ2) is 11.2. The molecular weight excluding hydrogens is 354 g/mol. The molecule has 0 fully saturated rings. The third kappa shape index (κ3) is 7.14. The van der Waals surface area contributed by atoms with Crippen molar-refractivity contribution in [1.82, 2.24) is 5.32 Å². The van der Waals surface area contributed by atoms with Crippen molar-refractivity contribution in [3.63, 3.8) is 0 Å². The average Bonchev–Trinajstić information content (AvgIpc) is 2.67. The summed E-state index contributed by atoms with van der Waals surface area (Å²) in [6, 6.07) is 13.6. The number of amides is 1. The molecule has 0 aliphatic heterocycles. The number of carbonyl (C=O) groups excluding carboxylic acids is 1. The average molecular weight is 386 g/mol. The summed E-state index contributed by atoms with van der Waals surface area (Å²) in [5.74, 6) is 2.33. The number of hydrogen-bond acceptors (Lipinski definition) is 4. The van der Waals surface area contributed by atoms with Crippen molar-refractivity contribution in [3.05, 3.63) is 53.6 Å². The van der Waals surface area contributed by atoms with Crippen molar-refractivity contribution < 1.29 is 19.0 Å². The zero-order valence-electron chi connectivity index (χ0n) is 17.3. The van der Waals surface area contributed by atoms with Gasteiger partial charge in [0.2, 0.25) is 5.91 Å². The molecule has 152 valence electrons.